The van der Waals surface area contributed by atoms with E-state index in [1.54, 1.807) is 12.4 Å². The van der Waals surface area contributed by atoms with Crippen molar-refractivity contribution >= 4 is 5.82 Å². The van der Waals surface area contributed by atoms with Crippen LogP contribution in [0.4, 0.5) is 5.82 Å². The van der Waals surface area contributed by atoms with E-state index < -0.39 is 0 Å². The lowest BCUT2D eigenvalue weighted by molar-refractivity contribution is 0.0850. The second-order valence-corrected chi connectivity index (χ2v) is 8.82. The molecular weight excluding hydrogens is 384 g/mol. The van der Waals surface area contributed by atoms with Gasteiger partial charge in [0, 0.05) is 49.0 Å². The largest absolute Gasteiger partial charge is 0.383 e. The van der Waals surface area contributed by atoms with E-state index in [2.05, 4.69) is 46.5 Å². The van der Waals surface area contributed by atoms with Gasteiger partial charge in [0.1, 0.15) is 5.82 Å². The molecule has 0 bridgehead atoms. The molecule has 5 rings (SSSR count). The maximum atomic E-state index is 6.22. The number of hydrogen-bond donors (Lipinski definition) is 2. The molecule has 2 atom stereocenters. The molecular formula is C26H30N4O. The molecule has 2 aliphatic heterocycles. The Bertz CT molecular complexity index is 1050. The van der Waals surface area contributed by atoms with Gasteiger partial charge in [-0.15, -0.1) is 0 Å². The lowest BCUT2D eigenvalue weighted by Crippen LogP contribution is -2.21. The minimum absolute atomic E-state index is 0.402. The van der Waals surface area contributed by atoms with Crippen molar-refractivity contribution in [2.24, 2.45) is 5.92 Å². The van der Waals surface area contributed by atoms with Crippen molar-refractivity contribution in [1.82, 2.24) is 15.3 Å². The Morgan fingerprint density at radius 3 is 2.48 bits per heavy atom. The molecule has 3 aromatic rings. The van der Waals surface area contributed by atoms with E-state index in [9.17, 15) is 0 Å². The second-order valence-electron chi connectivity index (χ2n) is 8.82. The average molecular weight is 415 g/mol. The Kier molecular flexibility index (Phi) is 5.70. The van der Waals surface area contributed by atoms with Gasteiger partial charge in [-0.05, 0) is 84.2 Å². The summed E-state index contributed by atoms with van der Waals surface area (Å²) in [4.78, 5) is 8.63. The molecule has 2 fully saturated rings. The fraction of sp³-hybridized carbons (Fsp3) is 0.385. The minimum atomic E-state index is 0.402. The Morgan fingerprint density at radius 1 is 0.935 bits per heavy atom. The zero-order valence-corrected chi connectivity index (χ0v) is 18.1. The highest BCUT2D eigenvalue weighted by Crippen LogP contribution is 2.40. The highest BCUT2D eigenvalue weighted by molar-refractivity contribution is 5.79. The summed E-state index contributed by atoms with van der Waals surface area (Å²) >= 11 is 0. The molecule has 1 aromatic carbocycles. The molecule has 2 aliphatic rings. The molecule has 0 radical (unpaired) electrons. The normalized spacial score (nSPS) is 22.0. The first-order valence-electron chi connectivity index (χ1n) is 11.3. The van der Waals surface area contributed by atoms with E-state index in [1.165, 1.54) is 23.1 Å². The summed E-state index contributed by atoms with van der Waals surface area (Å²) in [6.07, 6.45) is 8.88. The van der Waals surface area contributed by atoms with Crippen LogP contribution in [-0.4, -0.2) is 29.7 Å². The number of nitrogens with zero attached hydrogens (tertiary/aromatic N) is 2. The molecule has 5 nitrogen and oxygen atoms in total. The summed E-state index contributed by atoms with van der Waals surface area (Å²) in [6, 6.07) is 13.5. The number of benzene rings is 1. The Balaban J connectivity index is 1.57. The molecule has 3 N–H and O–H groups in total. The van der Waals surface area contributed by atoms with Crippen molar-refractivity contribution in [1.29, 1.82) is 0 Å². The molecule has 0 spiro atoms. The van der Waals surface area contributed by atoms with Crippen LogP contribution in [-0.2, 0) is 4.74 Å². The first kappa shape index (κ1) is 20.2. The number of nitrogens with one attached hydrogen (secondary N) is 1. The lowest BCUT2D eigenvalue weighted by Gasteiger charge is -2.28. The third kappa shape index (κ3) is 4.08. The molecule has 0 unspecified atom stereocenters. The number of aromatic nitrogens is 2. The van der Waals surface area contributed by atoms with Crippen LogP contribution in [0.3, 0.4) is 0 Å². The molecule has 2 saturated heterocycles. The van der Waals surface area contributed by atoms with E-state index >= 15 is 0 Å². The summed E-state index contributed by atoms with van der Waals surface area (Å²) in [5.41, 5.74) is 13.4. The summed E-state index contributed by atoms with van der Waals surface area (Å²) in [5.74, 6) is 1.75. The smallest absolute Gasteiger partial charge is 0.131 e. The van der Waals surface area contributed by atoms with Gasteiger partial charge in [0.05, 0.1) is 0 Å². The number of ether oxygens (including phenoxy) is 1. The Hall–Kier alpha value is -2.76. The van der Waals surface area contributed by atoms with Crippen molar-refractivity contribution in [2.45, 2.75) is 38.1 Å². The van der Waals surface area contributed by atoms with E-state index in [4.69, 9.17) is 10.5 Å². The van der Waals surface area contributed by atoms with Crippen LogP contribution in [0.1, 0.15) is 49.3 Å². The van der Waals surface area contributed by atoms with Crippen LogP contribution in [0.5, 0.6) is 0 Å². The number of rotatable bonds is 4. The number of hydrogen-bond acceptors (Lipinski definition) is 5. The fourth-order valence-corrected chi connectivity index (χ4v) is 5.05. The molecule has 0 aliphatic carbocycles. The van der Waals surface area contributed by atoms with Crippen molar-refractivity contribution in [3.8, 4) is 22.3 Å². The number of pyridine rings is 2. The zero-order chi connectivity index (χ0) is 21.2. The maximum absolute atomic E-state index is 6.22. The first-order valence-corrected chi connectivity index (χ1v) is 11.3. The number of nitrogens with two attached hydrogens (primary N) is 1. The van der Waals surface area contributed by atoms with Crippen molar-refractivity contribution in [2.75, 3.05) is 25.5 Å². The standard InChI is InChI=1S/C26H30N4O/c1-17-4-11-29-25(17)24-14-20(2-3-22(24)19-7-12-31-13-8-19)21-15-23(26(27)30-16-21)18-5-9-28-10-6-18/h2-3,5-6,9-10,14-17,19,25,29H,4,7-8,11-13H2,1H3,(H2,27,30)/t17-,25+/m1/s1. The quantitative estimate of drug-likeness (QED) is 0.631. The van der Waals surface area contributed by atoms with E-state index in [0.29, 0.717) is 23.7 Å². The van der Waals surface area contributed by atoms with Crippen molar-refractivity contribution < 1.29 is 4.74 Å². The predicted octanol–water partition coefficient (Wildman–Crippen LogP) is 4.96. The van der Waals surface area contributed by atoms with E-state index in [1.807, 2.05) is 18.3 Å². The van der Waals surface area contributed by atoms with Crippen LogP contribution < -0.4 is 11.1 Å². The molecule has 5 heteroatoms. The Labute approximate surface area is 184 Å². The summed E-state index contributed by atoms with van der Waals surface area (Å²) in [6.45, 7) is 5.16. The van der Waals surface area contributed by atoms with Crippen LogP contribution in [0.15, 0.2) is 55.0 Å². The van der Waals surface area contributed by atoms with Crippen LogP contribution >= 0.6 is 0 Å². The van der Waals surface area contributed by atoms with Crippen LogP contribution in [0, 0.1) is 5.92 Å². The number of anilines is 1. The highest BCUT2D eigenvalue weighted by Gasteiger charge is 2.29. The molecule has 2 aromatic heterocycles. The van der Waals surface area contributed by atoms with Gasteiger partial charge in [0.25, 0.3) is 0 Å². The fourth-order valence-electron chi connectivity index (χ4n) is 5.05. The van der Waals surface area contributed by atoms with Gasteiger partial charge >= 0.3 is 0 Å². The van der Waals surface area contributed by atoms with Crippen molar-refractivity contribution in [3.05, 3.63) is 66.1 Å². The number of nitrogen functional groups attached to an aromatic ring is 1. The van der Waals surface area contributed by atoms with Crippen LogP contribution in [0.2, 0.25) is 0 Å². The summed E-state index contributed by atoms with van der Waals surface area (Å²) in [7, 11) is 0. The monoisotopic (exact) mass is 414 g/mol. The first-order chi connectivity index (χ1) is 15.2. The summed E-state index contributed by atoms with van der Waals surface area (Å²) in [5, 5.41) is 3.75. The third-order valence-electron chi connectivity index (χ3n) is 6.86. The van der Waals surface area contributed by atoms with Gasteiger partial charge in [0.2, 0.25) is 0 Å². The van der Waals surface area contributed by atoms with Gasteiger partial charge in [-0.1, -0.05) is 19.1 Å². The van der Waals surface area contributed by atoms with Gasteiger partial charge in [0.15, 0.2) is 0 Å². The molecule has 31 heavy (non-hydrogen) atoms. The minimum Gasteiger partial charge on any atom is -0.383 e. The predicted molar refractivity (Wildman–Crippen MR) is 125 cm³/mol. The molecule has 4 heterocycles. The third-order valence-corrected chi connectivity index (χ3v) is 6.86. The summed E-state index contributed by atoms with van der Waals surface area (Å²) < 4.78 is 5.63. The molecule has 0 saturated carbocycles. The zero-order valence-electron chi connectivity index (χ0n) is 18.1. The topological polar surface area (TPSA) is 73.1 Å². The van der Waals surface area contributed by atoms with Gasteiger partial charge in [-0.25, -0.2) is 4.98 Å². The van der Waals surface area contributed by atoms with Gasteiger partial charge < -0.3 is 15.8 Å². The van der Waals surface area contributed by atoms with E-state index in [0.717, 1.165) is 49.3 Å². The van der Waals surface area contributed by atoms with Crippen molar-refractivity contribution in [3.63, 3.8) is 0 Å². The SMILES string of the molecule is C[C@@H]1CCN[C@@H]1c1cc(-c2cnc(N)c(-c3ccncc3)c2)ccc1C1CCOCC1. The van der Waals surface area contributed by atoms with Gasteiger partial charge in [-0.3, -0.25) is 4.98 Å². The van der Waals surface area contributed by atoms with Crippen LogP contribution in [0.25, 0.3) is 22.3 Å². The average Bonchev–Trinajstić information content (AvgIpc) is 3.26. The maximum Gasteiger partial charge on any atom is 0.131 e. The molecule has 0 amide bonds. The Morgan fingerprint density at radius 2 is 1.74 bits per heavy atom. The van der Waals surface area contributed by atoms with Gasteiger partial charge in [-0.2, -0.15) is 0 Å². The van der Waals surface area contributed by atoms with E-state index in [-0.39, 0.29) is 0 Å². The molecule has 160 valence electrons. The highest BCUT2D eigenvalue weighted by atomic mass is 16.5. The lowest BCUT2D eigenvalue weighted by atomic mass is 9.82. The second kappa shape index (κ2) is 8.77.